The highest BCUT2D eigenvalue weighted by Crippen LogP contribution is 2.30. The maximum atomic E-state index is 10.9. The molecule has 0 saturated heterocycles. The molecule has 0 heterocycles. The SMILES string of the molecule is Cc1ccccc1Sc1cccc(C(=O)O)c1. The van der Waals surface area contributed by atoms with Crippen LogP contribution >= 0.6 is 11.8 Å². The van der Waals surface area contributed by atoms with Gasteiger partial charge in [-0.05, 0) is 36.8 Å². The molecule has 0 fully saturated rings. The average Bonchev–Trinajstić information content (AvgIpc) is 2.32. The number of aromatic carboxylic acids is 1. The number of benzene rings is 2. The van der Waals surface area contributed by atoms with E-state index in [0.717, 1.165) is 9.79 Å². The van der Waals surface area contributed by atoms with E-state index in [9.17, 15) is 4.79 Å². The van der Waals surface area contributed by atoms with Crippen molar-refractivity contribution >= 4 is 17.7 Å². The molecule has 86 valence electrons. The summed E-state index contributed by atoms with van der Waals surface area (Å²) >= 11 is 1.58. The third-order valence-electron chi connectivity index (χ3n) is 2.40. The van der Waals surface area contributed by atoms with E-state index < -0.39 is 5.97 Å². The monoisotopic (exact) mass is 244 g/mol. The van der Waals surface area contributed by atoms with Crippen molar-refractivity contribution in [3.8, 4) is 0 Å². The van der Waals surface area contributed by atoms with Gasteiger partial charge in [0.05, 0.1) is 5.56 Å². The Hall–Kier alpha value is -1.74. The molecule has 0 amide bonds. The number of carboxylic acids is 1. The molecule has 0 spiro atoms. The molecule has 0 radical (unpaired) electrons. The van der Waals surface area contributed by atoms with E-state index in [4.69, 9.17) is 5.11 Å². The van der Waals surface area contributed by atoms with Crippen LogP contribution in [0.25, 0.3) is 0 Å². The topological polar surface area (TPSA) is 37.3 Å². The summed E-state index contributed by atoms with van der Waals surface area (Å²) < 4.78 is 0. The molecule has 0 aliphatic rings. The number of rotatable bonds is 3. The van der Waals surface area contributed by atoms with Crippen LogP contribution in [0, 0.1) is 6.92 Å². The number of aryl methyl sites for hydroxylation is 1. The van der Waals surface area contributed by atoms with E-state index in [2.05, 4.69) is 0 Å². The average molecular weight is 244 g/mol. The Morgan fingerprint density at radius 3 is 2.59 bits per heavy atom. The molecule has 0 atom stereocenters. The molecule has 0 saturated carbocycles. The Bertz CT molecular complexity index is 549. The normalized spacial score (nSPS) is 10.2. The maximum absolute atomic E-state index is 10.9. The van der Waals surface area contributed by atoms with Crippen LogP contribution in [0.3, 0.4) is 0 Å². The highest BCUT2D eigenvalue weighted by atomic mass is 32.2. The minimum atomic E-state index is -0.891. The van der Waals surface area contributed by atoms with Crippen molar-refractivity contribution in [2.75, 3.05) is 0 Å². The molecular weight excluding hydrogens is 232 g/mol. The van der Waals surface area contributed by atoms with Gasteiger partial charge in [-0.1, -0.05) is 36.0 Å². The zero-order valence-electron chi connectivity index (χ0n) is 9.38. The Balaban J connectivity index is 2.28. The first-order valence-corrected chi connectivity index (χ1v) is 6.05. The largest absolute Gasteiger partial charge is 0.478 e. The fourth-order valence-corrected chi connectivity index (χ4v) is 2.45. The van der Waals surface area contributed by atoms with Crippen LogP contribution < -0.4 is 0 Å². The van der Waals surface area contributed by atoms with Crippen LogP contribution in [0.4, 0.5) is 0 Å². The molecule has 0 aliphatic carbocycles. The summed E-state index contributed by atoms with van der Waals surface area (Å²) in [7, 11) is 0. The highest BCUT2D eigenvalue weighted by molar-refractivity contribution is 7.99. The summed E-state index contributed by atoms with van der Waals surface area (Å²) in [6.07, 6.45) is 0. The molecule has 2 aromatic rings. The lowest BCUT2D eigenvalue weighted by atomic mass is 10.2. The fourth-order valence-electron chi connectivity index (χ4n) is 1.49. The van der Waals surface area contributed by atoms with Crippen LogP contribution in [-0.4, -0.2) is 11.1 Å². The molecule has 0 bridgehead atoms. The van der Waals surface area contributed by atoms with Crippen LogP contribution in [-0.2, 0) is 0 Å². The quantitative estimate of drug-likeness (QED) is 0.891. The predicted octanol–water partition coefficient (Wildman–Crippen LogP) is 3.84. The maximum Gasteiger partial charge on any atom is 0.335 e. The standard InChI is InChI=1S/C14H12O2S/c1-10-5-2-3-8-13(10)17-12-7-4-6-11(9-12)14(15)16/h2-9H,1H3,(H,15,16). The summed E-state index contributed by atoms with van der Waals surface area (Å²) in [5.41, 5.74) is 1.52. The summed E-state index contributed by atoms with van der Waals surface area (Å²) in [6.45, 7) is 2.05. The molecule has 1 N–H and O–H groups in total. The highest BCUT2D eigenvalue weighted by Gasteiger charge is 2.05. The first kappa shape index (κ1) is 11.7. The van der Waals surface area contributed by atoms with E-state index in [-0.39, 0.29) is 0 Å². The Morgan fingerprint density at radius 1 is 1.12 bits per heavy atom. The summed E-state index contributed by atoms with van der Waals surface area (Å²) in [5, 5.41) is 8.92. The lowest BCUT2D eigenvalue weighted by molar-refractivity contribution is 0.0696. The van der Waals surface area contributed by atoms with E-state index >= 15 is 0 Å². The summed E-state index contributed by atoms with van der Waals surface area (Å²) in [6, 6.07) is 15.0. The lowest BCUT2D eigenvalue weighted by Crippen LogP contribution is -1.95. The zero-order valence-corrected chi connectivity index (χ0v) is 10.2. The molecule has 0 aromatic heterocycles. The third kappa shape index (κ3) is 2.88. The van der Waals surface area contributed by atoms with Gasteiger partial charge in [0.15, 0.2) is 0 Å². The Kier molecular flexibility index (Phi) is 3.49. The fraction of sp³-hybridized carbons (Fsp3) is 0.0714. The van der Waals surface area contributed by atoms with E-state index in [1.54, 1.807) is 30.0 Å². The molecular formula is C14H12O2S. The second kappa shape index (κ2) is 5.06. The van der Waals surface area contributed by atoms with Gasteiger partial charge in [0.25, 0.3) is 0 Å². The van der Waals surface area contributed by atoms with Gasteiger partial charge in [0.2, 0.25) is 0 Å². The number of carbonyl (C=O) groups is 1. The molecule has 0 unspecified atom stereocenters. The van der Waals surface area contributed by atoms with Crippen LogP contribution in [0.2, 0.25) is 0 Å². The van der Waals surface area contributed by atoms with Crippen molar-refractivity contribution in [2.45, 2.75) is 16.7 Å². The first-order valence-electron chi connectivity index (χ1n) is 5.23. The summed E-state index contributed by atoms with van der Waals surface area (Å²) in [4.78, 5) is 13.0. The van der Waals surface area contributed by atoms with Gasteiger partial charge in [-0.2, -0.15) is 0 Å². The molecule has 2 rings (SSSR count). The van der Waals surface area contributed by atoms with Crippen LogP contribution in [0.15, 0.2) is 58.3 Å². The van der Waals surface area contributed by atoms with Crippen LogP contribution in [0.1, 0.15) is 15.9 Å². The van der Waals surface area contributed by atoms with E-state index in [1.807, 2.05) is 37.3 Å². The molecule has 2 nitrogen and oxygen atoms in total. The van der Waals surface area contributed by atoms with E-state index in [1.165, 1.54) is 5.56 Å². The van der Waals surface area contributed by atoms with Gasteiger partial charge in [-0.25, -0.2) is 4.79 Å². The zero-order chi connectivity index (χ0) is 12.3. The van der Waals surface area contributed by atoms with Gasteiger partial charge < -0.3 is 5.11 Å². The van der Waals surface area contributed by atoms with E-state index in [0.29, 0.717) is 5.56 Å². The smallest absolute Gasteiger partial charge is 0.335 e. The van der Waals surface area contributed by atoms with Gasteiger partial charge in [0, 0.05) is 9.79 Å². The number of carboxylic acid groups (broad SMARTS) is 1. The molecule has 17 heavy (non-hydrogen) atoms. The van der Waals surface area contributed by atoms with Crippen molar-refractivity contribution < 1.29 is 9.90 Å². The minimum Gasteiger partial charge on any atom is -0.478 e. The molecule has 2 aromatic carbocycles. The second-order valence-corrected chi connectivity index (χ2v) is 4.82. The number of hydrogen-bond donors (Lipinski definition) is 1. The van der Waals surface area contributed by atoms with Gasteiger partial charge in [-0.15, -0.1) is 0 Å². The van der Waals surface area contributed by atoms with Crippen molar-refractivity contribution in [3.63, 3.8) is 0 Å². The van der Waals surface area contributed by atoms with Gasteiger partial charge >= 0.3 is 5.97 Å². The van der Waals surface area contributed by atoms with Gasteiger partial charge in [-0.3, -0.25) is 0 Å². The second-order valence-electron chi connectivity index (χ2n) is 3.70. The Morgan fingerprint density at radius 2 is 1.88 bits per heavy atom. The van der Waals surface area contributed by atoms with Crippen molar-refractivity contribution in [2.24, 2.45) is 0 Å². The van der Waals surface area contributed by atoms with Crippen molar-refractivity contribution in [1.82, 2.24) is 0 Å². The first-order chi connectivity index (χ1) is 8.16. The third-order valence-corrected chi connectivity index (χ3v) is 3.57. The lowest BCUT2D eigenvalue weighted by Gasteiger charge is -2.05. The van der Waals surface area contributed by atoms with Crippen molar-refractivity contribution in [1.29, 1.82) is 0 Å². The summed E-state index contributed by atoms with van der Waals surface area (Å²) in [5.74, 6) is -0.891. The minimum absolute atomic E-state index is 0.323. The van der Waals surface area contributed by atoms with Crippen molar-refractivity contribution in [3.05, 3.63) is 59.7 Å². The predicted molar refractivity (Wildman–Crippen MR) is 68.7 cm³/mol. The van der Waals surface area contributed by atoms with Crippen LogP contribution in [0.5, 0.6) is 0 Å². The Labute approximate surface area is 104 Å². The van der Waals surface area contributed by atoms with Gasteiger partial charge in [0.1, 0.15) is 0 Å². The molecule has 3 heteroatoms. The molecule has 0 aliphatic heterocycles. The number of hydrogen-bond acceptors (Lipinski definition) is 2.